The molecule has 1 aliphatic rings. The second kappa shape index (κ2) is 13.5. The second-order valence-electron chi connectivity index (χ2n) is 10.3. The molecule has 4 amide bonds. The van der Waals surface area contributed by atoms with Gasteiger partial charge in [-0.05, 0) is 48.4 Å². The molecule has 10 heteroatoms. The highest BCUT2D eigenvalue weighted by Gasteiger charge is 2.35. The zero-order valence-corrected chi connectivity index (χ0v) is 22.5. The largest absolute Gasteiger partial charge is 0.384 e. The molecule has 208 valence electrons. The molecule has 2 unspecified atom stereocenters. The molecule has 1 saturated carbocycles. The third-order valence-corrected chi connectivity index (χ3v) is 7.14. The van der Waals surface area contributed by atoms with Gasteiger partial charge >= 0.3 is 0 Å². The van der Waals surface area contributed by atoms with Crippen LogP contribution in [0.5, 0.6) is 0 Å². The summed E-state index contributed by atoms with van der Waals surface area (Å²) in [6, 6.07) is 12.8. The number of carbonyl (C=O) groups is 4. The number of nitrogens with one attached hydrogen (secondary N) is 3. The molecule has 0 aliphatic heterocycles. The molecule has 1 aliphatic carbocycles. The number of primary amides is 1. The Kier molecular flexibility index (Phi) is 10.2. The number of carbonyl (C=O) groups excluding carboxylic acids is 4. The molecule has 0 bridgehead atoms. The van der Waals surface area contributed by atoms with Gasteiger partial charge in [-0.25, -0.2) is 0 Å². The molecule has 7 N–H and O–H groups in total. The van der Waals surface area contributed by atoms with E-state index in [-0.39, 0.29) is 36.5 Å². The van der Waals surface area contributed by atoms with Crippen molar-refractivity contribution in [1.82, 2.24) is 15.5 Å². The summed E-state index contributed by atoms with van der Waals surface area (Å²) in [5, 5.41) is 13.4. The third kappa shape index (κ3) is 8.13. The Morgan fingerprint density at radius 2 is 1.59 bits per heavy atom. The van der Waals surface area contributed by atoms with Crippen LogP contribution in [0.1, 0.15) is 59.2 Å². The zero-order chi connectivity index (χ0) is 28.5. The predicted molar refractivity (Wildman–Crippen MR) is 149 cm³/mol. The summed E-state index contributed by atoms with van der Waals surface area (Å²) in [5.41, 5.74) is 13.3. The summed E-state index contributed by atoms with van der Waals surface area (Å²) in [7, 11) is 3.18. The Balaban J connectivity index is 1.78. The maximum atomic E-state index is 13.6. The van der Waals surface area contributed by atoms with E-state index in [0.717, 1.165) is 37.7 Å². The first-order valence-electron chi connectivity index (χ1n) is 13.2. The topological polar surface area (TPSA) is 171 Å². The fraction of sp³-hybridized carbons (Fsp3) is 0.414. The van der Waals surface area contributed by atoms with E-state index in [2.05, 4.69) is 10.6 Å². The minimum atomic E-state index is -1.03. The summed E-state index contributed by atoms with van der Waals surface area (Å²) in [4.78, 5) is 52.9. The highest BCUT2D eigenvalue weighted by atomic mass is 16.2. The van der Waals surface area contributed by atoms with Crippen LogP contribution in [0, 0.1) is 17.2 Å². The number of amides is 4. The summed E-state index contributed by atoms with van der Waals surface area (Å²) in [6.45, 7) is 0.168. The number of rotatable bonds is 11. The first-order valence-corrected chi connectivity index (χ1v) is 13.2. The predicted octanol–water partition coefficient (Wildman–Crippen LogP) is 1.70. The van der Waals surface area contributed by atoms with Gasteiger partial charge < -0.3 is 27.0 Å². The molecule has 1 fully saturated rings. The van der Waals surface area contributed by atoms with E-state index in [0.29, 0.717) is 16.7 Å². The SMILES string of the molecule is CN(C)C(=O)C(Cc1ccc(C(=N)N)cc1)C(=O)NC(C(=O)NCc1cccc(C(N)=O)c1)C1CCCCC1. The van der Waals surface area contributed by atoms with Crippen molar-refractivity contribution >= 4 is 29.5 Å². The standard InChI is InChI=1S/C29H38N6O4/c1-35(2)29(39)23(16-18-11-13-21(14-12-18)25(30)31)27(37)34-24(20-8-4-3-5-9-20)28(38)33-17-19-7-6-10-22(15-19)26(32)36/h6-7,10-15,20,23-24H,3-5,8-9,16-17H2,1-2H3,(H3,30,31)(H2,32,36)(H,33,38)(H,34,37). The van der Waals surface area contributed by atoms with Gasteiger partial charge in [-0.2, -0.15) is 0 Å². The number of nitrogens with zero attached hydrogens (tertiary/aromatic N) is 1. The molecule has 0 radical (unpaired) electrons. The molecule has 3 rings (SSSR count). The first kappa shape index (κ1) is 29.3. The number of benzene rings is 2. The van der Waals surface area contributed by atoms with Gasteiger partial charge in [0.25, 0.3) is 0 Å². The monoisotopic (exact) mass is 534 g/mol. The van der Waals surface area contributed by atoms with Crippen LogP contribution in [0.15, 0.2) is 48.5 Å². The minimum absolute atomic E-state index is 0.0513. The molecule has 2 aromatic carbocycles. The summed E-state index contributed by atoms with van der Waals surface area (Å²) < 4.78 is 0. The summed E-state index contributed by atoms with van der Waals surface area (Å²) in [5.74, 6) is -2.91. The Labute approximate surface area is 229 Å². The van der Waals surface area contributed by atoms with E-state index < -0.39 is 23.8 Å². The molecule has 0 saturated heterocycles. The fourth-order valence-electron chi connectivity index (χ4n) is 4.91. The molecule has 0 heterocycles. The van der Waals surface area contributed by atoms with Gasteiger partial charge in [0.05, 0.1) is 0 Å². The van der Waals surface area contributed by atoms with E-state index in [1.807, 2.05) is 0 Å². The molecular weight excluding hydrogens is 496 g/mol. The lowest BCUT2D eigenvalue weighted by molar-refractivity contribution is -0.142. The molecule has 0 aromatic heterocycles. The smallest absolute Gasteiger partial charge is 0.248 e. The maximum Gasteiger partial charge on any atom is 0.248 e. The van der Waals surface area contributed by atoms with Gasteiger partial charge in [-0.3, -0.25) is 24.6 Å². The van der Waals surface area contributed by atoms with E-state index in [4.69, 9.17) is 16.9 Å². The Bertz CT molecular complexity index is 1200. The lowest BCUT2D eigenvalue weighted by Crippen LogP contribution is -2.54. The fourth-order valence-corrected chi connectivity index (χ4v) is 4.91. The van der Waals surface area contributed by atoms with Crippen molar-refractivity contribution < 1.29 is 19.2 Å². The zero-order valence-electron chi connectivity index (χ0n) is 22.5. The van der Waals surface area contributed by atoms with Crippen molar-refractivity contribution in [2.24, 2.45) is 23.3 Å². The van der Waals surface area contributed by atoms with Crippen molar-refractivity contribution in [2.75, 3.05) is 14.1 Å². The van der Waals surface area contributed by atoms with Gasteiger partial charge in [-0.15, -0.1) is 0 Å². The third-order valence-electron chi connectivity index (χ3n) is 7.14. The van der Waals surface area contributed by atoms with Crippen molar-refractivity contribution in [2.45, 2.75) is 51.1 Å². The lowest BCUT2D eigenvalue weighted by Gasteiger charge is -2.31. The maximum absolute atomic E-state index is 13.6. The number of hydrogen-bond donors (Lipinski definition) is 5. The van der Waals surface area contributed by atoms with Crippen LogP contribution in [-0.2, 0) is 27.3 Å². The van der Waals surface area contributed by atoms with Crippen LogP contribution in [0.3, 0.4) is 0 Å². The van der Waals surface area contributed by atoms with E-state index in [1.54, 1.807) is 62.6 Å². The second-order valence-corrected chi connectivity index (χ2v) is 10.3. The number of amidine groups is 1. The van der Waals surface area contributed by atoms with Gasteiger partial charge in [0.1, 0.15) is 17.8 Å². The highest BCUT2D eigenvalue weighted by Crippen LogP contribution is 2.27. The van der Waals surface area contributed by atoms with Crippen LogP contribution in [-0.4, -0.2) is 54.5 Å². The van der Waals surface area contributed by atoms with Crippen LogP contribution >= 0.6 is 0 Å². The average Bonchev–Trinajstić information content (AvgIpc) is 2.93. The highest BCUT2D eigenvalue weighted by molar-refractivity contribution is 6.02. The molecule has 2 aromatic rings. The Morgan fingerprint density at radius 1 is 0.923 bits per heavy atom. The van der Waals surface area contributed by atoms with Crippen LogP contribution in [0.4, 0.5) is 0 Å². The van der Waals surface area contributed by atoms with Crippen LogP contribution in [0.2, 0.25) is 0 Å². The van der Waals surface area contributed by atoms with Gasteiger partial charge in [0.15, 0.2) is 0 Å². The molecule has 2 atom stereocenters. The lowest BCUT2D eigenvalue weighted by atomic mass is 9.83. The van der Waals surface area contributed by atoms with Crippen molar-refractivity contribution in [3.8, 4) is 0 Å². The number of nitrogen functional groups attached to an aromatic ring is 1. The van der Waals surface area contributed by atoms with E-state index in [9.17, 15) is 19.2 Å². The Hall–Kier alpha value is -4.21. The average molecular weight is 535 g/mol. The number of nitrogens with two attached hydrogens (primary N) is 2. The Morgan fingerprint density at radius 3 is 2.18 bits per heavy atom. The molecule has 0 spiro atoms. The van der Waals surface area contributed by atoms with Gasteiger partial charge in [-0.1, -0.05) is 55.7 Å². The normalized spacial score (nSPS) is 15.0. The summed E-state index contributed by atoms with van der Waals surface area (Å²) >= 11 is 0. The minimum Gasteiger partial charge on any atom is -0.384 e. The number of hydrogen-bond acceptors (Lipinski definition) is 5. The molecule has 10 nitrogen and oxygen atoms in total. The van der Waals surface area contributed by atoms with Crippen molar-refractivity contribution in [3.05, 3.63) is 70.8 Å². The van der Waals surface area contributed by atoms with Crippen LogP contribution < -0.4 is 22.1 Å². The van der Waals surface area contributed by atoms with Gasteiger partial charge in [0, 0.05) is 31.8 Å². The quantitative estimate of drug-likeness (QED) is 0.167. The first-order chi connectivity index (χ1) is 18.6. The molecular formula is C29H38N6O4. The van der Waals surface area contributed by atoms with E-state index in [1.165, 1.54) is 4.90 Å². The molecule has 39 heavy (non-hydrogen) atoms. The van der Waals surface area contributed by atoms with Crippen molar-refractivity contribution in [3.63, 3.8) is 0 Å². The van der Waals surface area contributed by atoms with Crippen molar-refractivity contribution in [1.29, 1.82) is 5.41 Å². The summed E-state index contributed by atoms with van der Waals surface area (Å²) in [6.07, 6.45) is 4.75. The van der Waals surface area contributed by atoms with Crippen LogP contribution in [0.25, 0.3) is 0 Å². The van der Waals surface area contributed by atoms with E-state index >= 15 is 0 Å². The van der Waals surface area contributed by atoms with Gasteiger partial charge in [0.2, 0.25) is 23.6 Å².